The number of aryl methyl sites for hydroxylation is 1. The Balaban J connectivity index is 2.62. The van der Waals surface area contributed by atoms with Crippen molar-refractivity contribution in [1.29, 1.82) is 0 Å². The van der Waals surface area contributed by atoms with Gasteiger partial charge in [0.1, 0.15) is 5.82 Å². The summed E-state index contributed by atoms with van der Waals surface area (Å²) in [5.74, 6) is -0.360. The smallest absolute Gasteiger partial charge is 0.184 e. The van der Waals surface area contributed by atoms with E-state index in [9.17, 15) is 9.18 Å². The zero-order valence-electron chi connectivity index (χ0n) is 11.6. The van der Waals surface area contributed by atoms with E-state index in [1.165, 1.54) is 6.07 Å². The maximum Gasteiger partial charge on any atom is 0.184 e. The molecule has 0 saturated heterocycles. The molecule has 1 aromatic carbocycles. The molecule has 0 unspecified atom stereocenters. The number of hydrogen-bond acceptors (Lipinski definition) is 3. The lowest BCUT2D eigenvalue weighted by molar-refractivity contribution is 0.0982. The van der Waals surface area contributed by atoms with Gasteiger partial charge in [-0.05, 0) is 47.0 Å². The summed E-state index contributed by atoms with van der Waals surface area (Å²) in [6, 6.07) is 3.08. The third-order valence-electron chi connectivity index (χ3n) is 3.15. The number of nitrogens with zero attached hydrogens (tertiary/aromatic N) is 3. The largest absolute Gasteiger partial charge is 0.292 e. The van der Waals surface area contributed by atoms with Gasteiger partial charge in [0.15, 0.2) is 11.5 Å². The first-order valence-corrected chi connectivity index (χ1v) is 7.22. The van der Waals surface area contributed by atoms with Crippen molar-refractivity contribution < 1.29 is 9.18 Å². The molecule has 1 aromatic heterocycles. The Morgan fingerprint density at radius 1 is 1.40 bits per heavy atom. The molecule has 6 heteroatoms. The van der Waals surface area contributed by atoms with Gasteiger partial charge in [0.2, 0.25) is 0 Å². The zero-order valence-corrected chi connectivity index (χ0v) is 13.2. The van der Waals surface area contributed by atoms with Crippen LogP contribution in [-0.4, -0.2) is 20.8 Å². The predicted octanol–water partition coefficient (Wildman–Crippen LogP) is 3.63. The normalized spacial score (nSPS) is 10.8. The number of carbonyl (C=O) groups excluding carboxylic acids is 1. The lowest BCUT2D eigenvalue weighted by Gasteiger charge is -2.10. The van der Waals surface area contributed by atoms with Crippen molar-refractivity contribution in [2.24, 2.45) is 0 Å². The highest BCUT2D eigenvalue weighted by Gasteiger charge is 2.19. The van der Waals surface area contributed by atoms with Crippen LogP contribution in [0.25, 0.3) is 5.69 Å². The first-order valence-electron chi connectivity index (χ1n) is 6.43. The second-order valence-electron chi connectivity index (χ2n) is 4.48. The van der Waals surface area contributed by atoms with E-state index in [1.54, 1.807) is 24.6 Å². The number of rotatable bonds is 4. The molecule has 0 N–H and O–H groups in total. The summed E-state index contributed by atoms with van der Waals surface area (Å²) in [6.45, 7) is 5.53. The van der Waals surface area contributed by atoms with Gasteiger partial charge < -0.3 is 0 Å². The fourth-order valence-electron chi connectivity index (χ4n) is 2.06. The molecule has 4 nitrogen and oxygen atoms in total. The fraction of sp³-hybridized carbons (Fsp3) is 0.357. The predicted molar refractivity (Wildman–Crippen MR) is 77.8 cm³/mol. The van der Waals surface area contributed by atoms with Crippen LogP contribution in [0.15, 0.2) is 16.6 Å². The molecule has 0 fully saturated rings. The van der Waals surface area contributed by atoms with Gasteiger partial charge in [-0.1, -0.05) is 19.1 Å². The molecule has 0 saturated carbocycles. The minimum atomic E-state index is -0.325. The number of hydrogen-bond donors (Lipinski definition) is 0. The van der Waals surface area contributed by atoms with Crippen LogP contribution in [0.3, 0.4) is 0 Å². The molecule has 106 valence electrons. The van der Waals surface area contributed by atoms with Crippen LogP contribution in [0.2, 0.25) is 0 Å². The lowest BCUT2D eigenvalue weighted by Crippen LogP contribution is -2.07. The number of benzene rings is 1. The maximum atomic E-state index is 13.5. The Labute approximate surface area is 125 Å². The standard InChI is InChI=1S/C14H15BrFN3O/c1-4-11-14(13(20)5-2)17-18-19(11)12-7-9(15)10(16)6-8(12)3/h6-7H,4-5H2,1-3H3. The Hall–Kier alpha value is -1.56. The van der Waals surface area contributed by atoms with E-state index in [0.717, 1.165) is 16.9 Å². The van der Waals surface area contributed by atoms with Crippen LogP contribution in [0.5, 0.6) is 0 Å². The number of ketones is 1. The van der Waals surface area contributed by atoms with Gasteiger partial charge in [-0.15, -0.1) is 5.10 Å². The summed E-state index contributed by atoms with van der Waals surface area (Å²) in [7, 11) is 0. The van der Waals surface area contributed by atoms with Crippen molar-refractivity contribution >= 4 is 21.7 Å². The Bertz CT molecular complexity index is 667. The minimum Gasteiger partial charge on any atom is -0.292 e. The summed E-state index contributed by atoms with van der Waals surface area (Å²) in [6.07, 6.45) is 1.01. The molecule has 2 rings (SSSR count). The highest BCUT2D eigenvalue weighted by atomic mass is 79.9. The van der Waals surface area contributed by atoms with Crippen molar-refractivity contribution in [3.63, 3.8) is 0 Å². The highest BCUT2D eigenvalue weighted by molar-refractivity contribution is 9.10. The van der Waals surface area contributed by atoms with Gasteiger partial charge in [-0.2, -0.15) is 0 Å². The average molecular weight is 340 g/mol. The molecule has 0 radical (unpaired) electrons. The molecule has 0 aliphatic heterocycles. The molecule has 0 aliphatic rings. The third-order valence-corrected chi connectivity index (χ3v) is 3.76. The van der Waals surface area contributed by atoms with E-state index < -0.39 is 0 Å². The number of aromatic nitrogens is 3. The topological polar surface area (TPSA) is 47.8 Å². The number of carbonyl (C=O) groups is 1. The Kier molecular flexibility index (Phi) is 4.32. The van der Waals surface area contributed by atoms with Crippen molar-refractivity contribution in [3.8, 4) is 5.69 Å². The summed E-state index contributed by atoms with van der Waals surface area (Å²) in [4.78, 5) is 11.9. The average Bonchev–Trinajstić information content (AvgIpc) is 2.85. The van der Waals surface area contributed by atoms with E-state index in [-0.39, 0.29) is 11.6 Å². The number of Topliss-reactive ketones (excluding diaryl/α,β-unsaturated/α-hetero) is 1. The minimum absolute atomic E-state index is 0.0352. The molecule has 2 aromatic rings. The van der Waals surface area contributed by atoms with Crippen LogP contribution < -0.4 is 0 Å². The van der Waals surface area contributed by atoms with E-state index in [0.29, 0.717) is 23.0 Å². The summed E-state index contributed by atoms with van der Waals surface area (Å²) in [5, 5.41) is 8.04. The fourth-order valence-corrected chi connectivity index (χ4v) is 2.39. The first kappa shape index (κ1) is 14.8. The third kappa shape index (κ3) is 2.52. The molecule has 0 aliphatic carbocycles. The SMILES string of the molecule is CCC(=O)c1nnn(-c2cc(Br)c(F)cc2C)c1CC. The Morgan fingerprint density at radius 2 is 2.10 bits per heavy atom. The zero-order chi connectivity index (χ0) is 14.9. The molecular weight excluding hydrogens is 325 g/mol. The van der Waals surface area contributed by atoms with Gasteiger partial charge >= 0.3 is 0 Å². The van der Waals surface area contributed by atoms with E-state index in [4.69, 9.17) is 0 Å². The maximum absolute atomic E-state index is 13.5. The van der Waals surface area contributed by atoms with Crippen molar-refractivity contribution in [3.05, 3.63) is 39.4 Å². The van der Waals surface area contributed by atoms with Crippen LogP contribution in [-0.2, 0) is 6.42 Å². The van der Waals surface area contributed by atoms with Crippen LogP contribution in [0.4, 0.5) is 4.39 Å². The quantitative estimate of drug-likeness (QED) is 0.799. The van der Waals surface area contributed by atoms with E-state index in [2.05, 4.69) is 26.2 Å². The molecule has 1 heterocycles. The molecule has 0 atom stereocenters. The molecule has 20 heavy (non-hydrogen) atoms. The van der Waals surface area contributed by atoms with Gasteiger partial charge in [0, 0.05) is 6.42 Å². The van der Waals surface area contributed by atoms with Crippen LogP contribution in [0.1, 0.15) is 42.0 Å². The molecule has 0 amide bonds. The van der Waals surface area contributed by atoms with Gasteiger partial charge in [-0.3, -0.25) is 4.79 Å². The van der Waals surface area contributed by atoms with Crippen LogP contribution >= 0.6 is 15.9 Å². The highest BCUT2D eigenvalue weighted by Crippen LogP contribution is 2.25. The second kappa shape index (κ2) is 5.83. The lowest BCUT2D eigenvalue weighted by atomic mass is 10.1. The molecule has 0 spiro atoms. The molecular formula is C14H15BrFN3O. The van der Waals surface area contributed by atoms with Gasteiger partial charge in [0.25, 0.3) is 0 Å². The second-order valence-corrected chi connectivity index (χ2v) is 5.33. The molecule has 0 bridgehead atoms. The summed E-state index contributed by atoms with van der Waals surface area (Å²) >= 11 is 3.17. The van der Waals surface area contributed by atoms with Crippen LogP contribution in [0, 0.1) is 12.7 Å². The summed E-state index contributed by atoms with van der Waals surface area (Å²) < 4.78 is 15.5. The van der Waals surface area contributed by atoms with E-state index >= 15 is 0 Å². The first-order chi connectivity index (χ1) is 9.49. The van der Waals surface area contributed by atoms with E-state index in [1.807, 2.05) is 6.92 Å². The Morgan fingerprint density at radius 3 is 2.70 bits per heavy atom. The van der Waals surface area contributed by atoms with Gasteiger partial charge in [-0.25, -0.2) is 9.07 Å². The monoisotopic (exact) mass is 339 g/mol. The van der Waals surface area contributed by atoms with Crippen molar-refractivity contribution in [2.45, 2.75) is 33.6 Å². The van der Waals surface area contributed by atoms with Crippen molar-refractivity contribution in [2.75, 3.05) is 0 Å². The van der Waals surface area contributed by atoms with Gasteiger partial charge in [0.05, 0.1) is 15.9 Å². The summed E-state index contributed by atoms with van der Waals surface area (Å²) in [5.41, 5.74) is 2.60. The van der Waals surface area contributed by atoms with Crippen molar-refractivity contribution in [1.82, 2.24) is 15.0 Å². The number of halogens is 2.